The van der Waals surface area contributed by atoms with Crippen molar-refractivity contribution >= 4 is 17.5 Å². The zero-order valence-electron chi connectivity index (χ0n) is 12.9. The molecule has 0 fully saturated rings. The van der Waals surface area contributed by atoms with Gasteiger partial charge < -0.3 is 10.1 Å². The molecule has 0 aliphatic heterocycles. The minimum absolute atomic E-state index is 0.0314. The van der Waals surface area contributed by atoms with E-state index in [1.807, 2.05) is 30.3 Å². The van der Waals surface area contributed by atoms with E-state index in [-0.39, 0.29) is 23.6 Å². The highest BCUT2D eigenvalue weighted by Gasteiger charge is 2.14. The zero-order valence-corrected chi connectivity index (χ0v) is 13.6. The minimum atomic E-state index is -0.518. The Bertz CT molecular complexity index is 649. The summed E-state index contributed by atoms with van der Waals surface area (Å²) >= 11 is 5.68. The van der Waals surface area contributed by atoms with Gasteiger partial charge in [0.25, 0.3) is 5.91 Å². The Morgan fingerprint density at radius 3 is 2.65 bits per heavy atom. The molecule has 23 heavy (non-hydrogen) atoms. The maximum atomic E-state index is 13.1. The number of nitrogens with one attached hydrogen (secondary N) is 1. The van der Waals surface area contributed by atoms with Gasteiger partial charge in [-0.3, -0.25) is 4.79 Å². The second kappa shape index (κ2) is 8.53. The van der Waals surface area contributed by atoms with Crippen molar-refractivity contribution in [1.82, 2.24) is 5.32 Å². The fourth-order valence-corrected chi connectivity index (χ4v) is 2.42. The number of carbonyl (C=O) groups is 1. The lowest BCUT2D eigenvalue weighted by molar-refractivity contribution is -0.123. The second-order valence-corrected chi connectivity index (χ2v) is 5.59. The maximum absolute atomic E-state index is 13.1. The number of hydrogen-bond donors (Lipinski definition) is 1. The average molecular weight is 336 g/mol. The summed E-state index contributed by atoms with van der Waals surface area (Å²) in [6, 6.07) is 13.8. The summed E-state index contributed by atoms with van der Waals surface area (Å²) in [4.78, 5) is 12.1. The first-order chi connectivity index (χ1) is 11.1. The van der Waals surface area contributed by atoms with Crippen molar-refractivity contribution in [3.05, 3.63) is 64.9 Å². The van der Waals surface area contributed by atoms with Crippen LogP contribution in [-0.4, -0.2) is 12.5 Å². The fourth-order valence-electron chi connectivity index (χ4n) is 2.25. The van der Waals surface area contributed by atoms with Gasteiger partial charge >= 0.3 is 0 Å². The second-order valence-electron chi connectivity index (χ2n) is 5.18. The molecule has 0 aliphatic carbocycles. The Morgan fingerprint density at radius 1 is 1.26 bits per heavy atom. The molecule has 1 N–H and O–H groups in total. The van der Waals surface area contributed by atoms with Crippen LogP contribution in [0.3, 0.4) is 0 Å². The summed E-state index contributed by atoms with van der Waals surface area (Å²) in [5, 5.41) is 2.93. The lowest BCUT2D eigenvalue weighted by Gasteiger charge is -2.18. The van der Waals surface area contributed by atoms with Crippen LogP contribution in [0.1, 0.15) is 31.4 Å². The first kappa shape index (κ1) is 17.3. The van der Waals surface area contributed by atoms with Gasteiger partial charge in [0.1, 0.15) is 11.6 Å². The third-order valence-corrected chi connectivity index (χ3v) is 3.67. The molecular weight excluding hydrogens is 317 g/mol. The zero-order chi connectivity index (χ0) is 16.7. The fraction of sp³-hybridized carbons (Fsp3) is 0.278. The lowest BCUT2D eigenvalue weighted by atomic mass is 10.0. The van der Waals surface area contributed by atoms with Gasteiger partial charge in [-0.2, -0.15) is 0 Å². The van der Waals surface area contributed by atoms with E-state index in [9.17, 15) is 9.18 Å². The minimum Gasteiger partial charge on any atom is -0.484 e. The summed E-state index contributed by atoms with van der Waals surface area (Å²) in [6.45, 7) is 1.92. The first-order valence-corrected chi connectivity index (χ1v) is 7.90. The molecule has 1 amide bonds. The molecule has 0 aliphatic rings. The van der Waals surface area contributed by atoms with E-state index in [1.54, 1.807) is 0 Å². The molecular formula is C18H19ClFNO2. The van der Waals surface area contributed by atoms with Crippen LogP contribution in [0.4, 0.5) is 4.39 Å². The summed E-state index contributed by atoms with van der Waals surface area (Å²) in [5.74, 6) is -0.387. The highest BCUT2D eigenvalue weighted by molar-refractivity contribution is 6.30. The average Bonchev–Trinajstić information content (AvgIpc) is 2.56. The van der Waals surface area contributed by atoms with Crippen LogP contribution in [0.15, 0.2) is 48.5 Å². The normalized spacial score (nSPS) is 11.8. The SMILES string of the molecule is CCC[C@H](NC(=O)COc1ccc(F)c(Cl)c1)c1ccccc1. The van der Waals surface area contributed by atoms with E-state index in [0.717, 1.165) is 18.4 Å². The molecule has 0 bridgehead atoms. The van der Waals surface area contributed by atoms with Crippen molar-refractivity contribution in [2.24, 2.45) is 0 Å². The first-order valence-electron chi connectivity index (χ1n) is 7.52. The molecule has 0 saturated heterocycles. The van der Waals surface area contributed by atoms with E-state index in [4.69, 9.17) is 16.3 Å². The summed E-state index contributed by atoms with van der Waals surface area (Å²) in [6.07, 6.45) is 1.80. The van der Waals surface area contributed by atoms with Crippen LogP contribution in [0.5, 0.6) is 5.75 Å². The standard InChI is InChI=1S/C18H19ClFNO2/c1-2-6-17(13-7-4-3-5-8-13)21-18(22)12-23-14-9-10-16(20)15(19)11-14/h3-5,7-11,17H,2,6,12H2,1H3,(H,21,22)/t17-/m0/s1. The van der Waals surface area contributed by atoms with E-state index in [0.29, 0.717) is 5.75 Å². The predicted octanol–water partition coefficient (Wildman–Crippen LogP) is 4.52. The molecule has 3 nitrogen and oxygen atoms in total. The van der Waals surface area contributed by atoms with Gasteiger partial charge in [-0.25, -0.2) is 4.39 Å². The highest BCUT2D eigenvalue weighted by Crippen LogP contribution is 2.21. The van der Waals surface area contributed by atoms with Gasteiger partial charge in [0.05, 0.1) is 11.1 Å². The molecule has 0 radical (unpaired) electrons. The Hall–Kier alpha value is -2.07. The van der Waals surface area contributed by atoms with Gasteiger partial charge in [0.15, 0.2) is 6.61 Å². The number of amides is 1. The molecule has 0 aromatic heterocycles. The van der Waals surface area contributed by atoms with Crippen LogP contribution in [0.2, 0.25) is 5.02 Å². The molecule has 2 aromatic rings. The molecule has 0 heterocycles. The largest absolute Gasteiger partial charge is 0.484 e. The van der Waals surface area contributed by atoms with Crippen molar-refractivity contribution in [2.75, 3.05) is 6.61 Å². The molecule has 0 saturated carbocycles. The van der Waals surface area contributed by atoms with Crippen molar-refractivity contribution in [3.63, 3.8) is 0 Å². The lowest BCUT2D eigenvalue weighted by Crippen LogP contribution is -2.32. The monoisotopic (exact) mass is 335 g/mol. The number of benzene rings is 2. The van der Waals surface area contributed by atoms with Gasteiger partial charge in [0, 0.05) is 6.07 Å². The van der Waals surface area contributed by atoms with E-state index < -0.39 is 5.82 Å². The third-order valence-electron chi connectivity index (χ3n) is 3.38. The van der Waals surface area contributed by atoms with Crippen molar-refractivity contribution < 1.29 is 13.9 Å². The number of ether oxygens (including phenoxy) is 1. The molecule has 1 atom stereocenters. The van der Waals surface area contributed by atoms with Crippen LogP contribution in [0, 0.1) is 5.82 Å². The maximum Gasteiger partial charge on any atom is 0.258 e. The molecule has 2 rings (SSSR count). The number of rotatable bonds is 7. The van der Waals surface area contributed by atoms with Crippen molar-refractivity contribution in [1.29, 1.82) is 0 Å². The van der Waals surface area contributed by atoms with Crippen molar-refractivity contribution in [2.45, 2.75) is 25.8 Å². The molecule has 122 valence electrons. The Balaban J connectivity index is 1.92. The molecule has 0 unspecified atom stereocenters. The van der Waals surface area contributed by atoms with Crippen LogP contribution < -0.4 is 10.1 Å². The third kappa shape index (κ3) is 5.25. The van der Waals surface area contributed by atoms with Gasteiger partial charge in [-0.1, -0.05) is 55.3 Å². The number of halogens is 2. The molecule has 5 heteroatoms. The number of hydrogen-bond acceptors (Lipinski definition) is 2. The van der Waals surface area contributed by atoms with Gasteiger partial charge in [-0.15, -0.1) is 0 Å². The molecule has 2 aromatic carbocycles. The van der Waals surface area contributed by atoms with Crippen LogP contribution in [0.25, 0.3) is 0 Å². The van der Waals surface area contributed by atoms with Crippen molar-refractivity contribution in [3.8, 4) is 5.75 Å². The smallest absolute Gasteiger partial charge is 0.258 e. The highest BCUT2D eigenvalue weighted by atomic mass is 35.5. The van der Waals surface area contributed by atoms with E-state index >= 15 is 0 Å². The quantitative estimate of drug-likeness (QED) is 0.808. The van der Waals surface area contributed by atoms with Gasteiger partial charge in [0.2, 0.25) is 0 Å². The Labute approximate surface area is 140 Å². The predicted molar refractivity (Wildman–Crippen MR) is 89.1 cm³/mol. The summed E-state index contributed by atoms with van der Waals surface area (Å²) in [5.41, 5.74) is 1.06. The Morgan fingerprint density at radius 2 is 2.00 bits per heavy atom. The Kier molecular flexibility index (Phi) is 6.41. The van der Waals surface area contributed by atoms with Crippen LogP contribution in [-0.2, 0) is 4.79 Å². The molecule has 0 spiro atoms. The topological polar surface area (TPSA) is 38.3 Å². The van der Waals surface area contributed by atoms with Crippen LogP contribution >= 0.6 is 11.6 Å². The van der Waals surface area contributed by atoms with Gasteiger partial charge in [-0.05, 0) is 24.1 Å². The number of carbonyl (C=O) groups excluding carboxylic acids is 1. The van der Waals surface area contributed by atoms with E-state index in [2.05, 4.69) is 12.2 Å². The summed E-state index contributed by atoms with van der Waals surface area (Å²) < 4.78 is 18.4. The summed E-state index contributed by atoms with van der Waals surface area (Å²) in [7, 11) is 0. The van der Waals surface area contributed by atoms with E-state index in [1.165, 1.54) is 18.2 Å².